The Morgan fingerprint density at radius 3 is 2.27 bits per heavy atom. The average molecular weight is 322 g/mol. The van der Waals surface area contributed by atoms with Crippen LogP contribution < -0.4 is 14.2 Å². The van der Waals surface area contributed by atoms with E-state index in [0.717, 1.165) is 10.4 Å². The number of rotatable bonds is 7. The van der Waals surface area contributed by atoms with Crippen LogP contribution in [0.1, 0.15) is 10.4 Å². The summed E-state index contributed by atoms with van der Waals surface area (Å²) in [5.74, 6) is 1.23. The Labute approximate surface area is 133 Å². The fraction of sp³-hybridized carbons (Fsp3) is 0.312. The maximum atomic E-state index is 11.9. The Balaban J connectivity index is 2.06. The van der Waals surface area contributed by atoms with Crippen LogP contribution in [0.2, 0.25) is 0 Å². The fourth-order valence-electron chi connectivity index (χ4n) is 2.00. The number of carbonyl (C=O) groups is 1. The van der Waals surface area contributed by atoms with Gasteiger partial charge in [0.15, 0.2) is 11.5 Å². The summed E-state index contributed by atoms with van der Waals surface area (Å²) >= 11 is 1.55. The smallest absolute Gasteiger partial charge is 0.310 e. The van der Waals surface area contributed by atoms with Gasteiger partial charge < -0.3 is 18.9 Å². The second-order valence-corrected chi connectivity index (χ2v) is 5.48. The quantitative estimate of drug-likeness (QED) is 0.733. The van der Waals surface area contributed by atoms with Crippen molar-refractivity contribution >= 4 is 17.3 Å². The molecule has 0 unspecified atom stereocenters. The zero-order valence-corrected chi connectivity index (χ0v) is 13.6. The van der Waals surface area contributed by atoms with E-state index in [-0.39, 0.29) is 12.4 Å². The predicted octanol–water partition coefficient (Wildman–Crippen LogP) is 3.06. The van der Waals surface area contributed by atoms with E-state index >= 15 is 0 Å². The Morgan fingerprint density at radius 1 is 1.09 bits per heavy atom. The van der Waals surface area contributed by atoms with E-state index in [1.54, 1.807) is 23.5 Å². The molecule has 0 amide bonds. The highest BCUT2D eigenvalue weighted by atomic mass is 32.1. The lowest BCUT2D eigenvalue weighted by atomic mass is 10.1. The summed E-state index contributed by atoms with van der Waals surface area (Å²) in [5.41, 5.74) is 0.741. The molecular formula is C16H18O5S. The van der Waals surface area contributed by atoms with Crippen molar-refractivity contribution in [3.63, 3.8) is 0 Å². The Morgan fingerprint density at radius 2 is 1.77 bits per heavy atom. The summed E-state index contributed by atoms with van der Waals surface area (Å²) in [5, 5.41) is 1.95. The maximum absolute atomic E-state index is 11.9. The molecule has 0 fully saturated rings. The zero-order chi connectivity index (χ0) is 15.9. The van der Waals surface area contributed by atoms with Gasteiger partial charge in [-0.1, -0.05) is 6.07 Å². The topological polar surface area (TPSA) is 54.0 Å². The van der Waals surface area contributed by atoms with E-state index in [9.17, 15) is 4.79 Å². The molecule has 22 heavy (non-hydrogen) atoms. The molecule has 2 rings (SSSR count). The van der Waals surface area contributed by atoms with Gasteiger partial charge in [-0.2, -0.15) is 0 Å². The molecule has 0 saturated carbocycles. The van der Waals surface area contributed by atoms with Crippen molar-refractivity contribution in [1.82, 2.24) is 0 Å². The van der Waals surface area contributed by atoms with E-state index in [2.05, 4.69) is 0 Å². The summed E-state index contributed by atoms with van der Waals surface area (Å²) in [6.07, 6.45) is 0.141. The van der Waals surface area contributed by atoms with Gasteiger partial charge in [-0.05, 0) is 29.1 Å². The van der Waals surface area contributed by atoms with Crippen molar-refractivity contribution < 1.29 is 23.7 Å². The molecule has 0 aliphatic heterocycles. The Bertz CT molecular complexity index is 596. The molecule has 0 atom stereocenters. The second kappa shape index (κ2) is 7.70. The van der Waals surface area contributed by atoms with Crippen molar-refractivity contribution in [1.29, 1.82) is 0 Å². The summed E-state index contributed by atoms with van der Waals surface area (Å²) in [6, 6.07) is 7.34. The largest absolute Gasteiger partial charge is 0.493 e. The molecular weight excluding hydrogens is 304 g/mol. The molecule has 1 aromatic heterocycles. The minimum Gasteiger partial charge on any atom is -0.493 e. The lowest BCUT2D eigenvalue weighted by Crippen LogP contribution is -2.08. The molecule has 5 nitrogen and oxygen atoms in total. The van der Waals surface area contributed by atoms with Crippen LogP contribution in [0.5, 0.6) is 17.2 Å². The van der Waals surface area contributed by atoms with E-state index < -0.39 is 0 Å². The number of thiophene rings is 1. The van der Waals surface area contributed by atoms with Gasteiger partial charge in [-0.15, -0.1) is 11.3 Å². The van der Waals surface area contributed by atoms with Gasteiger partial charge in [-0.3, -0.25) is 4.79 Å². The van der Waals surface area contributed by atoms with E-state index in [1.165, 1.54) is 21.3 Å². The molecule has 1 heterocycles. The summed E-state index contributed by atoms with van der Waals surface area (Å²) in [6.45, 7) is 0.293. The monoisotopic (exact) mass is 322 g/mol. The maximum Gasteiger partial charge on any atom is 0.310 e. The minimum absolute atomic E-state index is 0.141. The Kier molecular flexibility index (Phi) is 5.66. The van der Waals surface area contributed by atoms with Crippen LogP contribution in [0.15, 0.2) is 29.6 Å². The number of ether oxygens (including phenoxy) is 4. The van der Waals surface area contributed by atoms with Crippen molar-refractivity contribution in [2.24, 2.45) is 0 Å². The summed E-state index contributed by atoms with van der Waals surface area (Å²) in [7, 11) is 4.61. The van der Waals surface area contributed by atoms with Gasteiger partial charge >= 0.3 is 5.97 Å². The number of methoxy groups -OCH3 is 3. The second-order valence-electron chi connectivity index (χ2n) is 4.45. The predicted molar refractivity (Wildman–Crippen MR) is 83.9 cm³/mol. The summed E-state index contributed by atoms with van der Waals surface area (Å²) < 4.78 is 21.0. The first-order valence-electron chi connectivity index (χ1n) is 6.64. The third kappa shape index (κ3) is 3.92. The number of esters is 1. The van der Waals surface area contributed by atoms with Crippen LogP contribution in [0, 0.1) is 0 Å². The van der Waals surface area contributed by atoms with Crippen molar-refractivity contribution in [2.75, 3.05) is 21.3 Å². The highest BCUT2D eigenvalue weighted by Crippen LogP contribution is 2.38. The number of carbonyl (C=O) groups excluding carboxylic acids is 1. The SMILES string of the molecule is COc1cc(CC(=O)OCc2cccs2)cc(OC)c1OC. The van der Waals surface area contributed by atoms with Gasteiger partial charge in [0.05, 0.1) is 27.8 Å². The first-order chi connectivity index (χ1) is 10.7. The molecule has 0 N–H and O–H groups in total. The molecule has 0 bridgehead atoms. The standard InChI is InChI=1S/C16H18O5S/c1-18-13-7-11(8-14(19-2)16(13)20-3)9-15(17)21-10-12-5-4-6-22-12/h4-8H,9-10H2,1-3H3. The van der Waals surface area contributed by atoms with Crippen molar-refractivity contribution in [3.05, 3.63) is 40.1 Å². The van der Waals surface area contributed by atoms with Crippen molar-refractivity contribution in [2.45, 2.75) is 13.0 Å². The average Bonchev–Trinajstić information content (AvgIpc) is 3.05. The van der Waals surface area contributed by atoms with Gasteiger partial charge in [0.1, 0.15) is 6.61 Å². The Hall–Kier alpha value is -2.21. The van der Waals surface area contributed by atoms with Crippen LogP contribution >= 0.6 is 11.3 Å². The highest BCUT2D eigenvalue weighted by molar-refractivity contribution is 7.09. The molecule has 0 aliphatic carbocycles. The lowest BCUT2D eigenvalue weighted by molar-refractivity contribution is -0.144. The zero-order valence-electron chi connectivity index (χ0n) is 12.8. The molecule has 1 aromatic carbocycles. The number of benzene rings is 1. The third-order valence-corrected chi connectivity index (χ3v) is 3.88. The minimum atomic E-state index is -0.303. The highest BCUT2D eigenvalue weighted by Gasteiger charge is 2.15. The number of hydrogen-bond donors (Lipinski definition) is 0. The first-order valence-corrected chi connectivity index (χ1v) is 7.52. The van der Waals surface area contributed by atoms with Crippen LogP contribution in [-0.2, 0) is 22.6 Å². The van der Waals surface area contributed by atoms with Crippen LogP contribution in [0.4, 0.5) is 0 Å². The first kappa shape index (κ1) is 16.2. The van der Waals surface area contributed by atoms with E-state index in [0.29, 0.717) is 23.9 Å². The molecule has 6 heteroatoms. The van der Waals surface area contributed by atoms with E-state index in [4.69, 9.17) is 18.9 Å². The van der Waals surface area contributed by atoms with Crippen molar-refractivity contribution in [3.8, 4) is 17.2 Å². The van der Waals surface area contributed by atoms with E-state index in [1.807, 2.05) is 17.5 Å². The molecule has 0 aliphatic rings. The summed E-state index contributed by atoms with van der Waals surface area (Å²) in [4.78, 5) is 12.9. The van der Waals surface area contributed by atoms with Crippen LogP contribution in [0.3, 0.4) is 0 Å². The van der Waals surface area contributed by atoms with Gasteiger partial charge in [0.2, 0.25) is 5.75 Å². The third-order valence-electron chi connectivity index (χ3n) is 3.03. The van der Waals surface area contributed by atoms with Gasteiger partial charge in [0.25, 0.3) is 0 Å². The number of hydrogen-bond acceptors (Lipinski definition) is 6. The normalized spacial score (nSPS) is 10.1. The van der Waals surface area contributed by atoms with Crippen LogP contribution in [-0.4, -0.2) is 27.3 Å². The van der Waals surface area contributed by atoms with Gasteiger partial charge in [-0.25, -0.2) is 0 Å². The molecule has 0 saturated heterocycles. The lowest BCUT2D eigenvalue weighted by Gasteiger charge is -2.13. The molecule has 2 aromatic rings. The molecule has 0 spiro atoms. The fourth-order valence-corrected chi connectivity index (χ4v) is 2.62. The van der Waals surface area contributed by atoms with Crippen LogP contribution in [0.25, 0.3) is 0 Å². The molecule has 0 radical (unpaired) electrons. The van der Waals surface area contributed by atoms with Gasteiger partial charge in [0, 0.05) is 4.88 Å². The molecule has 118 valence electrons.